The number of halogens is 1. The summed E-state index contributed by atoms with van der Waals surface area (Å²) < 4.78 is 29.0. The molecule has 0 amide bonds. The first-order chi connectivity index (χ1) is 10.4. The van der Waals surface area contributed by atoms with Crippen LogP contribution in [0, 0.1) is 5.92 Å². The molecule has 0 radical (unpaired) electrons. The number of ether oxygens (including phenoxy) is 4. The van der Waals surface area contributed by atoms with E-state index < -0.39 is 5.79 Å². The van der Waals surface area contributed by atoms with E-state index in [-0.39, 0.29) is 24.6 Å². The van der Waals surface area contributed by atoms with Crippen LogP contribution in [0.5, 0.6) is 0 Å². The second kappa shape index (κ2) is 6.13. The van der Waals surface area contributed by atoms with Gasteiger partial charge in [-0.15, -0.1) is 0 Å². The van der Waals surface area contributed by atoms with Gasteiger partial charge in [0.1, 0.15) is 12.2 Å². The molecule has 124 valence electrons. The van der Waals surface area contributed by atoms with Crippen LogP contribution in [0.4, 0.5) is 0 Å². The number of rotatable bonds is 5. The van der Waals surface area contributed by atoms with Crippen molar-refractivity contribution < 1.29 is 23.4 Å². The fourth-order valence-electron chi connectivity index (χ4n) is 3.01. The predicted octanol–water partition coefficient (Wildman–Crippen LogP) is 3.74. The molecular weight excluding hydrogens is 308 g/mol. The Morgan fingerprint density at radius 1 is 1.32 bits per heavy atom. The Morgan fingerprint density at radius 3 is 2.73 bits per heavy atom. The molecule has 0 bridgehead atoms. The molecule has 6 heteroatoms. The third kappa shape index (κ3) is 3.34. The van der Waals surface area contributed by atoms with Crippen LogP contribution in [-0.2, 0) is 25.6 Å². The lowest BCUT2D eigenvalue weighted by molar-refractivity contribution is -0.220. The van der Waals surface area contributed by atoms with E-state index in [1.807, 2.05) is 19.9 Å². The van der Waals surface area contributed by atoms with Crippen molar-refractivity contribution >= 4 is 11.6 Å². The first-order valence-corrected chi connectivity index (χ1v) is 8.08. The summed E-state index contributed by atoms with van der Waals surface area (Å²) in [7, 11) is 0. The molecule has 2 fully saturated rings. The standard InChI is InChI=1S/C16H23ClO5/c1-9(2)7-11-12(19-8-10-5-6-18-14(10)17)13-15(20-11)22-16(3,4)21-13/h5-6,9,11-13,15H,7-8H2,1-4H3/t11-,12+,13-,15-/m1/s1. The van der Waals surface area contributed by atoms with Gasteiger partial charge in [0.05, 0.1) is 19.0 Å². The highest BCUT2D eigenvalue weighted by Crippen LogP contribution is 2.40. The van der Waals surface area contributed by atoms with E-state index in [4.69, 9.17) is 35.0 Å². The molecule has 3 heterocycles. The molecule has 1 aromatic rings. The largest absolute Gasteiger partial charge is 0.453 e. The highest BCUT2D eigenvalue weighted by atomic mass is 35.5. The van der Waals surface area contributed by atoms with E-state index in [2.05, 4.69) is 13.8 Å². The van der Waals surface area contributed by atoms with Crippen molar-refractivity contribution in [3.63, 3.8) is 0 Å². The van der Waals surface area contributed by atoms with E-state index in [9.17, 15) is 0 Å². The minimum Gasteiger partial charge on any atom is -0.453 e. The Kier molecular flexibility index (Phi) is 4.54. The molecule has 0 aromatic carbocycles. The van der Waals surface area contributed by atoms with Crippen molar-refractivity contribution in [3.8, 4) is 0 Å². The lowest BCUT2D eigenvalue weighted by Crippen LogP contribution is -2.37. The molecule has 2 saturated heterocycles. The van der Waals surface area contributed by atoms with Gasteiger partial charge in [-0.2, -0.15) is 0 Å². The van der Waals surface area contributed by atoms with Crippen molar-refractivity contribution in [3.05, 3.63) is 23.1 Å². The van der Waals surface area contributed by atoms with Crippen LogP contribution in [0.15, 0.2) is 16.7 Å². The van der Waals surface area contributed by atoms with Crippen molar-refractivity contribution in [1.29, 1.82) is 0 Å². The predicted molar refractivity (Wildman–Crippen MR) is 80.4 cm³/mol. The molecule has 1 aromatic heterocycles. The van der Waals surface area contributed by atoms with Gasteiger partial charge in [-0.1, -0.05) is 13.8 Å². The Labute approximate surface area is 135 Å². The monoisotopic (exact) mass is 330 g/mol. The fraction of sp³-hybridized carbons (Fsp3) is 0.750. The van der Waals surface area contributed by atoms with Crippen LogP contribution in [0.3, 0.4) is 0 Å². The second-order valence-electron chi connectivity index (χ2n) is 6.77. The fourth-order valence-corrected chi connectivity index (χ4v) is 3.18. The Balaban J connectivity index is 1.70. The van der Waals surface area contributed by atoms with Gasteiger partial charge in [0, 0.05) is 5.56 Å². The van der Waals surface area contributed by atoms with E-state index >= 15 is 0 Å². The van der Waals surface area contributed by atoms with Crippen molar-refractivity contribution in [1.82, 2.24) is 0 Å². The molecule has 0 unspecified atom stereocenters. The minimum atomic E-state index is -0.646. The average Bonchev–Trinajstić information content (AvgIpc) is 3.00. The van der Waals surface area contributed by atoms with E-state index in [0.29, 0.717) is 17.7 Å². The minimum absolute atomic E-state index is 0.0447. The van der Waals surface area contributed by atoms with Crippen molar-refractivity contribution in [2.24, 2.45) is 5.92 Å². The van der Waals surface area contributed by atoms with Gasteiger partial charge in [0.2, 0.25) is 0 Å². The first-order valence-electron chi connectivity index (χ1n) is 7.70. The second-order valence-corrected chi connectivity index (χ2v) is 7.11. The summed E-state index contributed by atoms with van der Waals surface area (Å²) in [5.74, 6) is -0.145. The highest BCUT2D eigenvalue weighted by Gasteiger charge is 2.55. The summed E-state index contributed by atoms with van der Waals surface area (Å²) in [6.07, 6.45) is 1.63. The van der Waals surface area contributed by atoms with Crippen LogP contribution < -0.4 is 0 Å². The lowest BCUT2D eigenvalue weighted by Gasteiger charge is -2.26. The van der Waals surface area contributed by atoms with Gasteiger partial charge in [-0.3, -0.25) is 0 Å². The van der Waals surface area contributed by atoms with Gasteiger partial charge in [0.15, 0.2) is 17.3 Å². The molecular formula is C16H23ClO5. The zero-order valence-corrected chi connectivity index (χ0v) is 14.1. The van der Waals surface area contributed by atoms with Gasteiger partial charge in [-0.05, 0) is 43.9 Å². The first kappa shape index (κ1) is 16.3. The Bertz CT molecular complexity index is 512. The van der Waals surface area contributed by atoms with E-state index in [1.165, 1.54) is 0 Å². The molecule has 0 N–H and O–H groups in total. The smallest absolute Gasteiger partial charge is 0.198 e. The normalized spacial score (nSPS) is 33.5. The molecule has 5 nitrogen and oxygen atoms in total. The maximum atomic E-state index is 6.07. The number of hydrogen-bond donors (Lipinski definition) is 0. The molecule has 0 saturated carbocycles. The summed E-state index contributed by atoms with van der Waals surface area (Å²) in [6.45, 7) is 8.46. The van der Waals surface area contributed by atoms with Crippen LogP contribution in [0.2, 0.25) is 5.22 Å². The summed E-state index contributed by atoms with van der Waals surface area (Å²) in [5, 5.41) is 0.361. The molecule has 0 aliphatic carbocycles. The Hall–Kier alpha value is -0.590. The quantitative estimate of drug-likeness (QED) is 0.823. The molecule has 2 aliphatic heterocycles. The summed E-state index contributed by atoms with van der Waals surface area (Å²) in [4.78, 5) is 0. The summed E-state index contributed by atoms with van der Waals surface area (Å²) in [6, 6.07) is 1.81. The zero-order valence-electron chi connectivity index (χ0n) is 13.4. The highest BCUT2D eigenvalue weighted by molar-refractivity contribution is 6.29. The number of furan rings is 1. The van der Waals surface area contributed by atoms with Gasteiger partial charge < -0.3 is 23.4 Å². The molecule has 4 atom stereocenters. The van der Waals surface area contributed by atoms with E-state index in [0.717, 1.165) is 12.0 Å². The maximum absolute atomic E-state index is 6.07. The number of fused-ring (bicyclic) bond motifs is 1. The lowest BCUT2D eigenvalue weighted by atomic mass is 10.0. The van der Waals surface area contributed by atoms with Crippen molar-refractivity contribution in [2.45, 2.75) is 71.1 Å². The van der Waals surface area contributed by atoms with Crippen LogP contribution in [-0.4, -0.2) is 30.4 Å². The van der Waals surface area contributed by atoms with Crippen LogP contribution >= 0.6 is 11.6 Å². The third-order valence-corrected chi connectivity index (χ3v) is 4.25. The molecule has 0 spiro atoms. The van der Waals surface area contributed by atoms with Crippen LogP contribution in [0.25, 0.3) is 0 Å². The number of hydrogen-bond acceptors (Lipinski definition) is 5. The van der Waals surface area contributed by atoms with Crippen molar-refractivity contribution in [2.75, 3.05) is 0 Å². The molecule has 3 rings (SSSR count). The van der Waals surface area contributed by atoms with Gasteiger partial charge in [-0.25, -0.2) is 0 Å². The summed E-state index contributed by atoms with van der Waals surface area (Å²) >= 11 is 5.97. The molecule has 22 heavy (non-hydrogen) atoms. The average molecular weight is 331 g/mol. The van der Waals surface area contributed by atoms with Gasteiger partial charge in [0.25, 0.3) is 0 Å². The Morgan fingerprint density at radius 2 is 2.09 bits per heavy atom. The topological polar surface area (TPSA) is 50.1 Å². The van der Waals surface area contributed by atoms with E-state index in [1.54, 1.807) is 6.26 Å². The summed E-state index contributed by atoms with van der Waals surface area (Å²) in [5.41, 5.74) is 0.826. The zero-order chi connectivity index (χ0) is 15.9. The van der Waals surface area contributed by atoms with Crippen LogP contribution in [0.1, 0.15) is 39.7 Å². The maximum Gasteiger partial charge on any atom is 0.198 e. The molecule has 2 aliphatic rings. The third-order valence-electron chi connectivity index (χ3n) is 3.92. The SMILES string of the molecule is CC(C)C[C@H]1O[C@@H]2OC(C)(C)O[C@@H]2[C@H]1OCc1ccoc1Cl. The van der Waals surface area contributed by atoms with Gasteiger partial charge >= 0.3 is 0 Å².